The van der Waals surface area contributed by atoms with E-state index < -0.39 is 24.1 Å². The molecule has 1 fully saturated rings. The Balaban J connectivity index is 2.17. The van der Waals surface area contributed by atoms with Crippen LogP contribution in [0.2, 0.25) is 0 Å². The highest BCUT2D eigenvalue weighted by Crippen LogP contribution is 2.17. The first kappa shape index (κ1) is 11.9. The van der Waals surface area contributed by atoms with Crippen molar-refractivity contribution in [3.8, 4) is 6.07 Å². The van der Waals surface area contributed by atoms with Gasteiger partial charge in [0, 0.05) is 6.54 Å². The van der Waals surface area contributed by atoms with Gasteiger partial charge in [0.05, 0.1) is 6.07 Å². The lowest BCUT2D eigenvalue weighted by Gasteiger charge is -2.38. The maximum absolute atomic E-state index is 11.4. The zero-order valence-electron chi connectivity index (χ0n) is 9.41. The average Bonchev–Trinajstić information content (AvgIpc) is 2.36. The van der Waals surface area contributed by atoms with Gasteiger partial charge in [0.15, 0.2) is 0 Å². The second kappa shape index (κ2) is 4.75. The highest BCUT2D eigenvalue weighted by Gasteiger charge is 2.45. The van der Waals surface area contributed by atoms with Crippen LogP contribution < -0.4 is 5.32 Å². The summed E-state index contributed by atoms with van der Waals surface area (Å²) in [7, 11) is 0. The number of hydrogen-bond acceptors (Lipinski definition) is 3. The van der Waals surface area contributed by atoms with Gasteiger partial charge < -0.3 is 10.4 Å². The number of carboxylic acid groups (broad SMARTS) is 1. The van der Waals surface area contributed by atoms with Crippen molar-refractivity contribution >= 4 is 12.0 Å². The fraction of sp³-hybridized carbons (Fsp3) is 0.250. The highest BCUT2D eigenvalue weighted by molar-refractivity contribution is 5.93. The molecule has 1 aliphatic heterocycles. The molecule has 18 heavy (non-hydrogen) atoms. The predicted molar refractivity (Wildman–Crippen MR) is 61.3 cm³/mol. The Kier molecular flexibility index (Phi) is 3.15. The van der Waals surface area contributed by atoms with Crippen LogP contribution in [0.25, 0.3) is 0 Å². The average molecular weight is 245 g/mol. The number of benzene rings is 1. The predicted octanol–water partition coefficient (Wildman–Crippen LogP) is 0.557. The Bertz CT molecular complexity index is 509. The van der Waals surface area contributed by atoms with Gasteiger partial charge in [-0.25, -0.2) is 4.79 Å². The lowest BCUT2D eigenvalue weighted by molar-refractivity contribution is -0.134. The molecule has 6 heteroatoms. The van der Waals surface area contributed by atoms with E-state index in [9.17, 15) is 9.59 Å². The zero-order chi connectivity index (χ0) is 13.1. The molecule has 0 unspecified atom stereocenters. The van der Waals surface area contributed by atoms with Gasteiger partial charge in [0.1, 0.15) is 12.1 Å². The van der Waals surface area contributed by atoms with Crippen LogP contribution in [0.3, 0.4) is 0 Å². The Labute approximate surface area is 103 Å². The molecule has 1 heterocycles. The van der Waals surface area contributed by atoms with Crippen LogP contribution in [0.4, 0.5) is 4.79 Å². The van der Waals surface area contributed by atoms with E-state index in [0.717, 1.165) is 10.5 Å². The normalized spacial score (nSPS) is 21.4. The molecule has 2 rings (SSSR count). The van der Waals surface area contributed by atoms with Crippen molar-refractivity contribution in [1.82, 2.24) is 10.2 Å². The minimum atomic E-state index is -1.21. The summed E-state index contributed by atoms with van der Waals surface area (Å²) in [5.41, 5.74) is 0.774. The van der Waals surface area contributed by atoms with Gasteiger partial charge in [-0.05, 0) is 5.56 Å². The number of nitrogens with zero attached hydrogens (tertiary/aromatic N) is 2. The second-order valence-electron chi connectivity index (χ2n) is 3.96. The lowest BCUT2D eigenvalue weighted by atomic mass is 9.98. The smallest absolute Gasteiger partial charge is 0.408 e. The molecule has 1 saturated heterocycles. The summed E-state index contributed by atoms with van der Waals surface area (Å²) in [4.78, 5) is 23.5. The van der Waals surface area contributed by atoms with Crippen LogP contribution in [0.15, 0.2) is 30.3 Å². The number of nitriles is 1. The number of rotatable bonds is 3. The summed E-state index contributed by atoms with van der Waals surface area (Å²) in [6, 6.07) is 9.12. The molecule has 0 aliphatic carbocycles. The Morgan fingerprint density at radius 2 is 2.11 bits per heavy atom. The Hall–Kier alpha value is -2.55. The van der Waals surface area contributed by atoms with Crippen molar-refractivity contribution in [2.75, 3.05) is 0 Å². The Morgan fingerprint density at radius 3 is 2.61 bits per heavy atom. The van der Waals surface area contributed by atoms with E-state index in [1.807, 2.05) is 12.1 Å². The summed E-state index contributed by atoms with van der Waals surface area (Å²) < 4.78 is 0. The first-order valence-corrected chi connectivity index (χ1v) is 5.37. The number of carbonyl (C=O) groups excluding carboxylic acids is 1. The largest absolute Gasteiger partial charge is 0.465 e. The maximum Gasteiger partial charge on any atom is 0.408 e. The molecule has 1 aliphatic rings. The van der Waals surface area contributed by atoms with Crippen LogP contribution in [0, 0.1) is 11.3 Å². The molecule has 92 valence electrons. The number of hydrogen-bond donors (Lipinski definition) is 2. The van der Waals surface area contributed by atoms with E-state index in [0.29, 0.717) is 0 Å². The van der Waals surface area contributed by atoms with E-state index >= 15 is 0 Å². The fourth-order valence-corrected chi connectivity index (χ4v) is 1.86. The Morgan fingerprint density at radius 1 is 1.44 bits per heavy atom. The minimum absolute atomic E-state index is 0.0897. The number of amides is 2. The third kappa shape index (κ3) is 2.11. The van der Waals surface area contributed by atoms with Crippen LogP contribution >= 0.6 is 0 Å². The molecule has 0 bridgehead atoms. The van der Waals surface area contributed by atoms with Crippen molar-refractivity contribution in [3.63, 3.8) is 0 Å². The summed E-state index contributed by atoms with van der Waals surface area (Å²) in [6.45, 7) is 0.0897. The van der Waals surface area contributed by atoms with Gasteiger partial charge in [-0.15, -0.1) is 0 Å². The third-order valence-corrected chi connectivity index (χ3v) is 2.80. The first-order chi connectivity index (χ1) is 8.63. The van der Waals surface area contributed by atoms with Crippen molar-refractivity contribution in [2.45, 2.75) is 18.6 Å². The molecule has 2 atom stereocenters. The minimum Gasteiger partial charge on any atom is -0.465 e. The standard InChI is InChI=1S/C12H11N3O3/c13-6-9-10(11(16)14-9)15(12(17)18)7-8-4-2-1-3-5-8/h1-5,9-10H,7H2,(H,14,16)(H,17,18)/t9-,10+/m1/s1. The van der Waals surface area contributed by atoms with Crippen LogP contribution in [0.5, 0.6) is 0 Å². The summed E-state index contributed by atoms with van der Waals surface area (Å²) in [5, 5.41) is 20.3. The van der Waals surface area contributed by atoms with Crippen LogP contribution in [-0.2, 0) is 11.3 Å². The SMILES string of the molecule is N#C[C@H]1NC(=O)[C@H]1N(Cc1ccccc1)C(=O)O. The number of β-lactam (4-membered cyclic amide) rings is 1. The summed E-state index contributed by atoms with van der Waals surface area (Å²) >= 11 is 0. The van der Waals surface area contributed by atoms with Crippen molar-refractivity contribution in [2.24, 2.45) is 0 Å². The van der Waals surface area contributed by atoms with E-state index in [1.54, 1.807) is 24.3 Å². The van der Waals surface area contributed by atoms with E-state index in [-0.39, 0.29) is 6.54 Å². The van der Waals surface area contributed by atoms with Gasteiger partial charge in [-0.2, -0.15) is 5.26 Å². The van der Waals surface area contributed by atoms with Crippen LogP contribution in [0.1, 0.15) is 5.56 Å². The van der Waals surface area contributed by atoms with Crippen molar-refractivity contribution < 1.29 is 14.7 Å². The molecule has 0 spiro atoms. The molecule has 1 aromatic carbocycles. The molecular weight excluding hydrogens is 234 g/mol. The first-order valence-electron chi connectivity index (χ1n) is 5.37. The molecule has 0 aromatic heterocycles. The second-order valence-corrected chi connectivity index (χ2v) is 3.96. The molecule has 1 aromatic rings. The maximum atomic E-state index is 11.4. The van der Waals surface area contributed by atoms with Crippen molar-refractivity contribution in [3.05, 3.63) is 35.9 Å². The fourth-order valence-electron chi connectivity index (χ4n) is 1.86. The number of nitrogens with one attached hydrogen (secondary N) is 1. The molecule has 0 saturated carbocycles. The van der Waals surface area contributed by atoms with Gasteiger partial charge in [0.2, 0.25) is 5.91 Å². The zero-order valence-corrected chi connectivity index (χ0v) is 9.41. The topological polar surface area (TPSA) is 93.4 Å². The van der Waals surface area contributed by atoms with E-state index in [2.05, 4.69) is 5.32 Å². The highest BCUT2D eigenvalue weighted by atomic mass is 16.4. The van der Waals surface area contributed by atoms with Gasteiger partial charge >= 0.3 is 6.09 Å². The quantitative estimate of drug-likeness (QED) is 0.761. The monoisotopic (exact) mass is 245 g/mol. The summed E-state index contributed by atoms with van der Waals surface area (Å²) in [5.74, 6) is -0.431. The summed E-state index contributed by atoms with van der Waals surface area (Å²) in [6.07, 6.45) is -1.21. The van der Waals surface area contributed by atoms with E-state index in [4.69, 9.17) is 10.4 Å². The van der Waals surface area contributed by atoms with Crippen LogP contribution in [-0.4, -0.2) is 34.1 Å². The molecular formula is C12H11N3O3. The van der Waals surface area contributed by atoms with Gasteiger partial charge in [0.25, 0.3) is 0 Å². The molecule has 6 nitrogen and oxygen atoms in total. The molecule has 2 N–H and O–H groups in total. The third-order valence-electron chi connectivity index (χ3n) is 2.80. The lowest BCUT2D eigenvalue weighted by Crippen LogP contribution is -2.69. The van der Waals surface area contributed by atoms with E-state index in [1.165, 1.54) is 0 Å². The number of carbonyl (C=O) groups is 2. The van der Waals surface area contributed by atoms with Gasteiger partial charge in [-0.3, -0.25) is 9.69 Å². The van der Waals surface area contributed by atoms with Crippen molar-refractivity contribution in [1.29, 1.82) is 5.26 Å². The van der Waals surface area contributed by atoms with Gasteiger partial charge in [-0.1, -0.05) is 30.3 Å². The molecule has 2 amide bonds. The molecule has 0 radical (unpaired) electrons.